The molecule has 134 valence electrons. The molecule has 4 nitrogen and oxygen atoms in total. The zero-order valence-corrected chi connectivity index (χ0v) is 17.0. The fourth-order valence-corrected chi connectivity index (χ4v) is 3.58. The molecule has 0 bridgehead atoms. The first-order valence-corrected chi connectivity index (χ1v) is 9.37. The van der Waals surface area contributed by atoms with Gasteiger partial charge in [-0.05, 0) is 78.8 Å². The normalized spacial score (nSPS) is 10.9. The molecule has 0 saturated heterocycles. The first kappa shape index (κ1) is 18.6. The van der Waals surface area contributed by atoms with Crippen LogP contribution in [0.1, 0.15) is 29.2 Å². The lowest BCUT2D eigenvalue weighted by molar-refractivity contribution is -0.116. The van der Waals surface area contributed by atoms with Crippen LogP contribution >= 0.6 is 22.6 Å². The van der Waals surface area contributed by atoms with E-state index in [0.717, 1.165) is 25.6 Å². The topological polar surface area (TPSA) is 56.5 Å². The molecule has 0 unspecified atom stereocenters. The van der Waals surface area contributed by atoms with Crippen LogP contribution in [0.5, 0.6) is 5.75 Å². The Morgan fingerprint density at radius 1 is 1.15 bits per heavy atom. The molecule has 0 N–H and O–H groups in total. The summed E-state index contributed by atoms with van der Waals surface area (Å²) in [6.45, 7) is 5.63. The first-order chi connectivity index (χ1) is 12.4. The summed E-state index contributed by atoms with van der Waals surface area (Å²) in [4.78, 5) is 23.7. The van der Waals surface area contributed by atoms with Crippen LogP contribution in [0.2, 0.25) is 0 Å². The highest BCUT2D eigenvalue weighted by Gasteiger charge is 2.16. The second-order valence-corrected chi connectivity index (χ2v) is 7.60. The molecule has 0 fully saturated rings. The molecule has 5 heteroatoms. The van der Waals surface area contributed by atoms with Gasteiger partial charge in [0.05, 0.1) is 0 Å². The highest BCUT2D eigenvalue weighted by atomic mass is 127. The number of fused-ring (bicyclic) bond motifs is 1. The summed E-state index contributed by atoms with van der Waals surface area (Å²) >= 11 is 2.27. The molecule has 2 aromatic carbocycles. The molecule has 1 aromatic heterocycles. The van der Waals surface area contributed by atoms with Gasteiger partial charge in [0.15, 0.2) is 0 Å². The Bertz CT molecular complexity index is 1050. The number of hydrogen-bond donors (Lipinski definition) is 0. The summed E-state index contributed by atoms with van der Waals surface area (Å²) in [6, 6.07) is 11.9. The number of benzene rings is 2. The second kappa shape index (κ2) is 7.61. The van der Waals surface area contributed by atoms with Gasteiger partial charge in [-0.15, -0.1) is 0 Å². The number of hydrogen-bond acceptors (Lipinski definition) is 4. The predicted molar refractivity (Wildman–Crippen MR) is 110 cm³/mol. The number of halogens is 1. The van der Waals surface area contributed by atoms with Gasteiger partial charge in [0.2, 0.25) is 0 Å². The van der Waals surface area contributed by atoms with Crippen molar-refractivity contribution >= 4 is 39.3 Å². The van der Waals surface area contributed by atoms with Crippen LogP contribution in [-0.2, 0) is 17.8 Å². The third-order valence-electron chi connectivity index (χ3n) is 4.36. The SMILES string of the molecule is CC(=O)Cc1c(C)c2ccc(OCc3cccc(I)c3)c(C)c2oc1=O. The fraction of sp³-hybridized carbons (Fsp3) is 0.238. The maximum atomic E-state index is 12.3. The first-order valence-electron chi connectivity index (χ1n) is 8.29. The molecule has 1 heterocycles. The Kier molecular flexibility index (Phi) is 5.46. The lowest BCUT2D eigenvalue weighted by Crippen LogP contribution is -2.14. The van der Waals surface area contributed by atoms with Crippen molar-refractivity contribution in [2.75, 3.05) is 0 Å². The Morgan fingerprint density at radius 3 is 2.62 bits per heavy atom. The molecular formula is C21H19IO4. The van der Waals surface area contributed by atoms with Gasteiger partial charge < -0.3 is 9.15 Å². The standard InChI is InChI=1S/C21H19IO4/c1-12(23)9-18-13(2)17-7-8-19(14(3)20(17)26-21(18)24)25-11-15-5-4-6-16(22)10-15/h4-8,10H,9,11H2,1-3H3. The minimum Gasteiger partial charge on any atom is -0.488 e. The highest BCUT2D eigenvalue weighted by Crippen LogP contribution is 2.30. The Labute approximate surface area is 165 Å². The van der Waals surface area contributed by atoms with Gasteiger partial charge >= 0.3 is 5.63 Å². The third-order valence-corrected chi connectivity index (χ3v) is 5.03. The van der Waals surface area contributed by atoms with E-state index >= 15 is 0 Å². The molecule has 26 heavy (non-hydrogen) atoms. The second-order valence-electron chi connectivity index (χ2n) is 6.36. The molecular weight excluding hydrogens is 443 g/mol. The average Bonchev–Trinajstić information content (AvgIpc) is 2.58. The van der Waals surface area contributed by atoms with Gasteiger partial charge in [0, 0.05) is 26.5 Å². The van der Waals surface area contributed by atoms with Crippen LogP contribution in [0.3, 0.4) is 0 Å². The van der Waals surface area contributed by atoms with Crippen molar-refractivity contribution in [2.24, 2.45) is 0 Å². The molecule has 0 aliphatic carbocycles. The van der Waals surface area contributed by atoms with E-state index in [2.05, 4.69) is 28.7 Å². The van der Waals surface area contributed by atoms with Gasteiger partial charge in [-0.25, -0.2) is 4.79 Å². The average molecular weight is 462 g/mol. The fourth-order valence-electron chi connectivity index (χ4n) is 2.97. The van der Waals surface area contributed by atoms with Gasteiger partial charge in [-0.3, -0.25) is 4.79 Å². The van der Waals surface area contributed by atoms with Gasteiger partial charge in [-0.2, -0.15) is 0 Å². The maximum absolute atomic E-state index is 12.3. The Morgan fingerprint density at radius 2 is 1.92 bits per heavy atom. The molecule has 0 atom stereocenters. The molecule has 0 saturated carbocycles. The van der Waals surface area contributed by atoms with Crippen molar-refractivity contribution < 1.29 is 13.9 Å². The van der Waals surface area contributed by atoms with Gasteiger partial charge in [-0.1, -0.05) is 12.1 Å². The monoisotopic (exact) mass is 462 g/mol. The summed E-state index contributed by atoms with van der Waals surface area (Å²) in [5, 5.41) is 0.833. The molecule has 3 rings (SSSR count). The van der Waals surface area contributed by atoms with Crippen LogP contribution in [0.25, 0.3) is 11.0 Å². The summed E-state index contributed by atoms with van der Waals surface area (Å²) in [7, 11) is 0. The van der Waals surface area contributed by atoms with Crippen LogP contribution in [0.15, 0.2) is 45.6 Å². The summed E-state index contributed by atoms with van der Waals surface area (Å²) in [5.41, 5.74) is 3.13. The number of carbonyl (C=O) groups excluding carboxylic acids is 1. The van der Waals surface area contributed by atoms with Crippen molar-refractivity contribution in [2.45, 2.75) is 33.8 Å². The van der Waals surface area contributed by atoms with Crippen molar-refractivity contribution in [1.82, 2.24) is 0 Å². The molecule has 3 aromatic rings. The van der Waals surface area contributed by atoms with E-state index < -0.39 is 5.63 Å². The number of ether oxygens (including phenoxy) is 1. The number of Topliss-reactive ketones (excluding diaryl/α,β-unsaturated/α-hetero) is 1. The molecule has 0 radical (unpaired) electrons. The smallest absolute Gasteiger partial charge is 0.340 e. The summed E-state index contributed by atoms with van der Waals surface area (Å²) in [5.74, 6) is 0.618. The number of rotatable bonds is 5. The van der Waals surface area contributed by atoms with E-state index in [9.17, 15) is 9.59 Å². The van der Waals surface area contributed by atoms with Crippen molar-refractivity contribution in [1.29, 1.82) is 0 Å². The maximum Gasteiger partial charge on any atom is 0.340 e. The van der Waals surface area contributed by atoms with Gasteiger partial charge in [0.1, 0.15) is 23.7 Å². The Hall–Kier alpha value is -2.15. The predicted octanol–water partition coefficient (Wildman–Crippen LogP) is 4.72. The molecule has 0 spiro atoms. The lowest BCUT2D eigenvalue weighted by Gasteiger charge is -2.13. The number of aryl methyl sites for hydroxylation is 2. The van der Waals surface area contributed by atoms with Gasteiger partial charge in [0.25, 0.3) is 0 Å². The van der Waals surface area contributed by atoms with E-state index in [1.54, 1.807) is 0 Å². The third kappa shape index (κ3) is 3.82. The molecule has 0 amide bonds. The van der Waals surface area contributed by atoms with Crippen molar-refractivity contribution in [3.8, 4) is 5.75 Å². The van der Waals surface area contributed by atoms with Crippen LogP contribution in [-0.4, -0.2) is 5.78 Å². The quantitative estimate of drug-likeness (QED) is 0.407. The van der Waals surface area contributed by atoms with E-state index in [0.29, 0.717) is 23.5 Å². The zero-order chi connectivity index (χ0) is 18.8. The zero-order valence-electron chi connectivity index (χ0n) is 14.9. The minimum absolute atomic E-state index is 0.0612. The summed E-state index contributed by atoms with van der Waals surface area (Å²) in [6.07, 6.45) is 0.0913. The van der Waals surface area contributed by atoms with Crippen LogP contribution in [0.4, 0.5) is 0 Å². The van der Waals surface area contributed by atoms with E-state index in [-0.39, 0.29) is 12.2 Å². The molecule has 0 aliphatic rings. The summed E-state index contributed by atoms with van der Waals surface area (Å²) < 4.78 is 12.6. The van der Waals surface area contributed by atoms with Crippen LogP contribution in [0, 0.1) is 17.4 Å². The Balaban J connectivity index is 1.98. The van der Waals surface area contributed by atoms with E-state index in [1.807, 2.05) is 44.2 Å². The van der Waals surface area contributed by atoms with Crippen molar-refractivity contribution in [3.05, 3.63) is 72.6 Å². The molecule has 0 aliphatic heterocycles. The van der Waals surface area contributed by atoms with E-state index in [4.69, 9.17) is 9.15 Å². The van der Waals surface area contributed by atoms with E-state index in [1.165, 1.54) is 6.92 Å². The number of ketones is 1. The number of carbonyl (C=O) groups is 1. The lowest BCUT2D eigenvalue weighted by atomic mass is 10.0. The minimum atomic E-state index is -0.455. The highest BCUT2D eigenvalue weighted by molar-refractivity contribution is 14.1. The van der Waals surface area contributed by atoms with Crippen LogP contribution < -0.4 is 10.4 Å². The van der Waals surface area contributed by atoms with Crippen molar-refractivity contribution in [3.63, 3.8) is 0 Å². The largest absolute Gasteiger partial charge is 0.488 e.